The van der Waals surface area contributed by atoms with E-state index in [4.69, 9.17) is 9.15 Å². The Morgan fingerprint density at radius 2 is 2.13 bits per heavy atom. The first kappa shape index (κ1) is 22.0. The van der Waals surface area contributed by atoms with E-state index in [2.05, 4.69) is 18.3 Å². The average Bonchev–Trinajstić information content (AvgIpc) is 3.42. The summed E-state index contributed by atoms with van der Waals surface area (Å²) < 4.78 is 11.5. The molecule has 164 valence electrons. The molecule has 2 atom stereocenters. The molecule has 31 heavy (non-hydrogen) atoms. The number of hydrogen-bond donors (Lipinski definition) is 1. The Morgan fingerprint density at radius 3 is 2.81 bits per heavy atom. The maximum Gasteiger partial charge on any atom is 0.336 e. The number of furan rings is 1. The SMILES string of the molecule is CCSCCOC(=O)C1=C(C)NC2=C(C(=O)C[C@H](c3cccs3)C2)[C@@H]1c1ccc(C)o1. The van der Waals surface area contributed by atoms with Gasteiger partial charge in [-0.05, 0) is 49.6 Å². The van der Waals surface area contributed by atoms with Gasteiger partial charge in [0.1, 0.15) is 18.1 Å². The van der Waals surface area contributed by atoms with Crippen LogP contribution in [0.5, 0.6) is 0 Å². The van der Waals surface area contributed by atoms with Crippen molar-refractivity contribution in [2.75, 3.05) is 18.1 Å². The molecule has 7 heteroatoms. The van der Waals surface area contributed by atoms with Crippen molar-refractivity contribution in [1.29, 1.82) is 0 Å². The van der Waals surface area contributed by atoms with Crippen molar-refractivity contribution in [2.45, 2.75) is 45.4 Å². The summed E-state index contributed by atoms with van der Waals surface area (Å²) in [5.41, 5.74) is 2.73. The number of thiophene rings is 1. The number of dihydropyridines is 1. The van der Waals surface area contributed by atoms with E-state index in [-0.39, 0.29) is 17.7 Å². The van der Waals surface area contributed by atoms with Crippen molar-refractivity contribution in [2.24, 2.45) is 0 Å². The number of carbonyl (C=O) groups is 2. The van der Waals surface area contributed by atoms with E-state index in [1.807, 2.05) is 37.4 Å². The molecule has 0 radical (unpaired) electrons. The van der Waals surface area contributed by atoms with E-state index in [0.717, 1.165) is 35.1 Å². The number of allylic oxidation sites excluding steroid dienone is 3. The predicted molar refractivity (Wildman–Crippen MR) is 124 cm³/mol. The number of ether oxygens (including phenoxy) is 1. The summed E-state index contributed by atoms with van der Waals surface area (Å²) in [4.78, 5) is 27.7. The molecule has 0 saturated carbocycles. The average molecular weight is 458 g/mol. The van der Waals surface area contributed by atoms with E-state index in [1.165, 1.54) is 4.88 Å². The zero-order chi connectivity index (χ0) is 22.0. The molecule has 2 aromatic heterocycles. The van der Waals surface area contributed by atoms with Gasteiger partial charge in [0.2, 0.25) is 0 Å². The van der Waals surface area contributed by atoms with Gasteiger partial charge >= 0.3 is 5.97 Å². The fourth-order valence-corrected chi connectivity index (χ4v) is 5.66. The number of thioether (sulfide) groups is 1. The normalized spacial score (nSPS) is 21.2. The molecule has 2 aliphatic rings. The van der Waals surface area contributed by atoms with Crippen molar-refractivity contribution >= 4 is 34.9 Å². The third-order valence-electron chi connectivity index (χ3n) is 5.70. The van der Waals surface area contributed by atoms with E-state index >= 15 is 0 Å². The lowest BCUT2D eigenvalue weighted by Crippen LogP contribution is -2.36. The van der Waals surface area contributed by atoms with Gasteiger partial charge in [0.05, 0.1) is 11.5 Å². The van der Waals surface area contributed by atoms with Crippen LogP contribution in [0.25, 0.3) is 0 Å². The second kappa shape index (κ2) is 9.49. The van der Waals surface area contributed by atoms with Crippen LogP contribution in [0.4, 0.5) is 0 Å². The number of rotatable bonds is 7. The van der Waals surface area contributed by atoms with E-state index in [1.54, 1.807) is 23.1 Å². The highest BCUT2D eigenvalue weighted by molar-refractivity contribution is 7.99. The monoisotopic (exact) mass is 457 g/mol. The van der Waals surface area contributed by atoms with E-state index in [9.17, 15) is 9.59 Å². The summed E-state index contributed by atoms with van der Waals surface area (Å²) in [5, 5.41) is 5.42. The Bertz CT molecular complexity index is 1030. The molecule has 3 heterocycles. The van der Waals surface area contributed by atoms with Gasteiger partial charge in [-0.2, -0.15) is 11.8 Å². The fraction of sp³-hybridized carbons (Fsp3) is 0.417. The largest absolute Gasteiger partial charge is 0.465 e. The topological polar surface area (TPSA) is 68.5 Å². The van der Waals surface area contributed by atoms with Crippen LogP contribution in [0, 0.1) is 6.92 Å². The van der Waals surface area contributed by atoms with Crippen LogP contribution in [0.1, 0.15) is 54.9 Å². The molecule has 4 rings (SSSR count). The van der Waals surface area contributed by atoms with Gasteiger partial charge in [-0.3, -0.25) is 4.79 Å². The number of Topliss-reactive ketones (excluding diaryl/α,β-unsaturated/α-hetero) is 1. The summed E-state index contributed by atoms with van der Waals surface area (Å²) in [5.74, 6) is 2.39. The van der Waals surface area contributed by atoms with Gasteiger partial charge < -0.3 is 14.5 Å². The van der Waals surface area contributed by atoms with Gasteiger partial charge in [-0.1, -0.05) is 13.0 Å². The third kappa shape index (κ3) is 4.53. The van der Waals surface area contributed by atoms with Crippen LogP contribution >= 0.6 is 23.1 Å². The van der Waals surface area contributed by atoms with Crippen LogP contribution in [0.3, 0.4) is 0 Å². The number of carbonyl (C=O) groups excluding carboxylic acids is 2. The maximum absolute atomic E-state index is 13.4. The summed E-state index contributed by atoms with van der Waals surface area (Å²) in [6.45, 7) is 6.17. The molecule has 0 unspecified atom stereocenters. The number of esters is 1. The van der Waals surface area contributed by atoms with Gasteiger partial charge in [-0.15, -0.1) is 11.3 Å². The molecule has 5 nitrogen and oxygen atoms in total. The van der Waals surface area contributed by atoms with Crippen LogP contribution in [0.15, 0.2) is 56.6 Å². The van der Waals surface area contributed by atoms with E-state index < -0.39 is 5.92 Å². The summed E-state index contributed by atoms with van der Waals surface area (Å²) >= 11 is 3.41. The minimum atomic E-state index is -0.534. The van der Waals surface area contributed by atoms with Crippen molar-refractivity contribution in [3.05, 3.63) is 68.6 Å². The molecular weight excluding hydrogens is 430 g/mol. The first-order valence-electron chi connectivity index (χ1n) is 10.6. The molecule has 0 aromatic carbocycles. The van der Waals surface area contributed by atoms with Gasteiger partial charge in [0, 0.05) is 39.9 Å². The number of aryl methyl sites for hydroxylation is 1. The van der Waals surface area contributed by atoms with E-state index in [0.29, 0.717) is 29.9 Å². The Morgan fingerprint density at radius 1 is 1.29 bits per heavy atom. The summed E-state index contributed by atoms with van der Waals surface area (Å²) in [7, 11) is 0. The molecule has 0 spiro atoms. The standard InChI is InChI=1S/C24H27NO4S2/c1-4-30-11-9-28-24(27)21-15(3)25-17-12-16(20-6-5-10-31-20)13-18(26)22(17)23(21)19-8-7-14(2)29-19/h5-8,10,16,23,25H,4,9,11-13H2,1-3H3/t16-,23-/m1/s1. The Hall–Kier alpha value is -2.25. The molecule has 2 aromatic rings. The maximum atomic E-state index is 13.4. The highest BCUT2D eigenvalue weighted by Crippen LogP contribution is 2.46. The lowest BCUT2D eigenvalue weighted by Gasteiger charge is -2.35. The molecule has 1 N–H and O–H groups in total. The number of nitrogens with one attached hydrogen (secondary N) is 1. The predicted octanol–water partition coefficient (Wildman–Crippen LogP) is 5.31. The highest BCUT2D eigenvalue weighted by atomic mass is 32.2. The Labute approximate surface area is 190 Å². The lowest BCUT2D eigenvalue weighted by atomic mass is 9.74. The second-order valence-electron chi connectivity index (χ2n) is 7.81. The number of ketones is 1. The van der Waals surface area contributed by atoms with Crippen LogP contribution in [0.2, 0.25) is 0 Å². The van der Waals surface area contributed by atoms with Gasteiger partial charge in [0.25, 0.3) is 0 Å². The van der Waals surface area contributed by atoms with Gasteiger partial charge in [0.15, 0.2) is 5.78 Å². The Kier molecular flexibility index (Phi) is 6.72. The van der Waals surface area contributed by atoms with Crippen molar-refractivity contribution in [1.82, 2.24) is 5.32 Å². The quantitative estimate of drug-likeness (QED) is 0.449. The van der Waals surface area contributed by atoms with Gasteiger partial charge in [-0.25, -0.2) is 4.79 Å². The Balaban J connectivity index is 1.69. The molecule has 1 aliphatic carbocycles. The molecule has 0 fully saturated rings. The molecule has 0 bridgehead atoms. The second-order valence-corrected chi connectivity index (χ2v) is 10.2. The molecule has 0 amide bonds. The molecule has 1 aliphatic heterocycles. The zero-order valence-electron chi connectivity index (χ0n) is 18.0. The number of hydrogen-bond acceptors (Lipinski definition) is 7. The van der Waals surface area contributed by atoms with Crippen LogP contribution in [-0.4, -0.2) is 29.9 Å². The summed E-state index contributed by atoms with van der Waals surface area (Å²) in [6, 6.07) is 7.84. The minimum absolute atomic E-state index is 0.0607. The summed E-state index contributed by atoms with van der Waals surface area (Å²) in [6.07, 6.45) is 1.18. The van der Waals surface area contributed by atoms with Crippen molar-refractivity contribution < 1.29 is 18.7 Å². The molecule has 0 saturated heterocycles. The van der Waals surface area contributed by atoms with Crippen LogP contribution < -0.4 is 5.32 Å². The first-order chi connectivity index (χ1) is 15.0. The zero-order valence-corrected chi connectivity index (χ0v) is 19.7. The lowest BCUT2D eigenvalue weighted by molar-refractivity contribution is -0.138. The fourth-order valence-electron chi connectivity index (χ4n) is 4.34. The highest BCUT2D eigenvalue weighted by Gasteiger charge is 2.42. The van der Waals surface area contributed by atoms with Crippen molar-refractivity contribution in [3.8, 4) is 0 Å². The van der Waals surface area contributed by atoms with Crippen molar-refractivity contribution in [3.63, 3.8) is 0 Å². The third-order valence-corrected chi connectivity index (χ3v) is 7.60. The first-order valence-corrected chi connectivity index (χ1v) is 12.6. The van der Waals surface area contributed by atoms with Crippen LogP contribution in [-0.2, 0) is 14.3 Å². The smallest absolute Gasteiger partial charge is 0.336 e. The molecular formula is C24H27NO4S2. The minimum Gasteiger partial charge on any atom is -0.465 e.